The number of ether oxygens (including phenoxy) is 3. The van der Waals surface area contributed by atoms with Gasteiger partial charge in [0.2, 0.25) is 0 Å². The van der Waals surface area contributed by atoms with Crippen LogP contribution in [0.15, 0.2) is 94.5 Å². The van der Waals surface area contributed by atoms with E-state index in [4.69, 9.17) is 19.3 Å². The summed E-state index contributed by atoms with van der Waals surface area (Å²) in [5.41, 5.74) is 2.37. The molecular formula is C34H31FN6O5S2. The summed E-state index contributed by atoms with van der Waals surface area (Å²) >= 11 is 2.74. The highest BCUT2D eigenvalue weighted by atomic mass is 32.2. The maximum Gasteiger partial charge on any atom is 0.253 e. The topological polar surface area (TPSA) is 120 Å². The number of hydrazone groups is 1. The second kappa shape index (κ2) is 14.7. The van der Waals surface area contributed by atoms with Crippen molar-refractivity contribution in [2.45, 2.75) is 24.2 Å². The molecule has 0 fully saturated rings. The number of carbonyl (C=O) groups excluding carboxylic acids is 2. The number of halogens is 1. The van der Waals surface area contributed by atoms with Crippen LogP contribution >= 0.6 is 23.1 Å². The number of nitrogens with zero attached hydrogens (tertiary/aromatic N) is 5. The molecule has 1 aliphatic heterocycles. The first kappa shape index (κ1) is 32.7. The third kappa shape index (κ3) is 6.75. The summed E-state index contributed by atoms with van der Waals surface area (Å²) in [7, 11) is 4.69. The minimum Gasteiger partial charge on any atom is -0.495 e. The highest BCUT2D eigenvalue weighted by Crippen LogP contribution is 2.42. The Morgan fingerprint density at radius 1 is 0.958 bits per heavy atom. The van der Waals surface area contributed by atoms with Gasteiger partial charge in [-0.1, -0.05) is 48.2 Å². The molecule has 3 heterocycles. The second-order valence-corrected chi connectivity index (χ2v) is 12.3. The van der Waals surface area contributed by atoms with E-state index in [-0.39, 0.29) is 23.8 Å². The average molecular weight is 687 g/mol. The minimum absolute atomic E-state index is 0.0206. The molecule has 6 rings (SSSR count). The molecule has 5 aromatic rings. The minimum atomic E-state index is -0.514. The van der Waals surface area contributed by atoms with E-state index < -0.39 is 17.8 Å². The van der Waals surface area contributed by atoms with Crippen LogP contribution in [-0.4, -0.2) is 64.4 Å². The fourth-order valence-electron chi connectivity index (χ4n) is 5.40. The van der Waals surface area contributed by atoms with Crippen LogP contribution < -0.4 is 19.5 Å². The molecule has 0 aliphatic carbocycles. The SMILES string of the molecule is COc1ccccc1-n1c(CNC(=O)c2cccc(F)c2)nnc1SCC(=O)N1N=C(c2cccs2)CC1c1cccc(OC)c1OC. The van der Waals surface area contributed by atoms with Crippen molar-refractivity contribution in [2.75, 3.05) is 27.1 Å². The Morgan fingerprint density at radius 3 is 2.50 bits per heavy atom. The fourth-order valence-corrected chi connectivity index (χ4v) is 6.93. The van der Waals surface area contributed by atoms with E-state index in [9.17, 15) is 14.0 Å². The van der Waals surface area contributed by atoms with Crippen LogP contribution in [0.3, 0.4) is 0 Å². The molecule has 1 unspecified atom stereocenters. The van der Waals surface area contributed by atoms with Gasteiger partial charge in [0.25, 0.3) is 11.8 Å². The van der Waals surface area contributed by atoms with Gasteiger partial charge in [0.15, 0.2) is 22.5 Å². The number of carbonyl (C=O) groups is 2. The normalized spacial score (nSPS) is 14.0. The number of hydrogen-bond donors (Lipinski definition) is 1. The lowest BCUT2D eigenvalue weighted by Crippen LogP contribution is -2.29. The second-order valence-electron chi connectivity index (χ2n) is 10.5. The first-order valence-electron chi connectivity index (χ1n) is 14.8. The number of benzene rings is 3. The zero-order chi connectivity index (χ0) is 33.6. The highest BCUT2D eigenvalue weighted by Gasteiger charge is 2.36. The fraction of sp³-hybridized carbons (Fsp3) is 0.206. The standard InChI is InChI=1S/C34H31FN6O5S2/c1-44-27-13-5-4-12-25(27)40-30(19-36-33(43)21-9-6-10-22(35)17-21)37-38-34(40)48-20-31(42)41-26(18-24(39-41)29-15-8-16-47-29)23-11-7-14-28(45-2)32(23)46-3/h4-17,26H,18-20H2,1-3H3,(H,36,43). The van der Waals surface area contributed by atoms with Crippen LogP contribution in [0.1, 0.15) is 39.1 Å². The molecule has 11 nitrogen and oxygen atoms in total. The Labute approximate surface area is 284 Å². The van der Waals surface area contributed by atoms with Gasteiger partial charge in [-0.15, -0.1) is 21.5 Å². The van der Waals surface area contributed by atoms with Gasteiger partial charge in [0.05, 0.1) is 55.9 Å². The molecule has 1 aliphatic rings. The molecule has 48 heavy (non-hydrogen) atoms. The molecule has 0 saturated heterocycles. The van der Waals surface area contributed by atoms with Crippen LogP contribution in [0.25, 0.3) is 5.69 Å². The number of aromatic nitrogens is 3. The van der Waals surface area contributed by atoms with E-state index in [1.165, 1.54) is 35.0 Å². The van der Waals surface area contributed by atoms with Crippen molar-refractivity contribution in [3.63, 3.8) is 0 Å². The summed E-state index contributed by atoms with van der Waals surface area (Å²) < 4.78 is 32.4. The molecule has 2 amide bonds. The maximum absolute atomic E-state index is 14.0. The van der Waals surface area contributed by atoms with Crippen LogP contribution in [0.4, 0.5) is 4.39 Å². The molecule has 246 valence electrons. The molecule has 14 heteroatoms. The van der Waals surface area contributed by atoms with Gasteiger partial charge < -0.3 is 19.5 Å². The number of amides is 2. The molecule has 0 bridgehead atoms. The van der Waals surface area contributed by atoms with Crippen molar-refractivity contribution in [3.8, 4) is 22.9 Å². The lowest BCUT2D eigenvalue weighted by Gasteiger charge is -2.24. The van der Waals surface area contributed by atoms with Crippen LogP contribution in [0.5, 0.6) is 17.2 Å². The van der Waals surface area contributed by atoms with Crippen LogP contribution in [0.2, 0.25) is 0 Å². The first-order valence-corrected chi connectivity index (χ1v) is 16.7. The van der Waals surface area contributed by atoms with Gasteiger partial charge in [-0.05, 0) is 47.8 Å². The highest BCUT2D eigenvalue weighted by molar-refractivity contribution is 7.99. The predicted molar refractivity (Wildman–Crippen MR) is 181 cm³/mol. The Morgan fingerprint density at radius 2 is 1.75 bits per heavy atom. The summed E-state index contributed by atoms with van der Waals surface area (Å²) in [6, 6.07) is 21.8. The third-order valence-electron chi connectivity index (χ3n) is 7.61. The van der Waals surface area contributed by atoms with Gasteiger partial charge in [0.1, 0.15) is 11.6 Å². The summed E-state index contributed by atoms with van der Waals surface area (Å²) in [5.74, 6) is 0.767. The van der Waals surface area contributed by atoms with Gasteiger partial charge in [-0.2, -0.15) is 5.10 Å². The summed E-state index contributed by atoms with van der Waals surface area (Å²) in [5, 5.41) is 20.2. The number of hydrogen-bond acceptors (Lipinski definition) is 10. The van der Waals surface area contributed by atoms with Crippen molar-refractivity contribution < 1.29 is 28.2 Å². The van der Waals surface area contributed by atoms with Gasteiger partial charge in [-0.25, -0.2) is 9.40 Å². The van der Waals surface area contributed by atoms with E-state index in [0.717, 1.165) is 22.2 Å². The van der Waals surface area contributed by atoms with E-state index >= 15 is 0 Å². The van der Waals surface area contributed by atoms with E-state index in [1.807, 2.05) is 53.9 Å². The molecule has 1 N–H and O–H groups in total. The van der Waals surface area contributed by atoms with E-state index in [0.29, 0.717) is 40.3 Å². The number of rotatable bonds is 12. The number of para-hydroxylation sites is 3. The zero-order valence-electron chi connectivity index (χ0n) is 26.3. The molecule has 0 radical (unpaired) electrons. The average Bonchev–Trinajstić information content (AvgIpc) is 3.89. The summed E-state index contributed by atoms with van der Waals surface area (Å²) in [6.45, 7) is -0.0206. The number of thioether (sulfide) groups is 1. The molecule has 0 spiro atoms. The van der Waals surface area contributed by atoms with Crippen molar-refractivity contribution in [1.82, 2.24) is 25.1 Å². The van der Waals surface area contributed by atoms with Gasteiger partial charge in [0, 0.05) is 17.5 Å². The van der Waals surface area contributed by atoms with Gasteiger partial charge in [-0.3, -0.25) is 14.2 Å². The summed E-state index contributed by atoms with van der Waals surface area (Å²) in [6.07, 6.45) is 0.493. The van der Waals surface area contributed by atoms with Crippen molar-refractivity contribution in [1.29, 1.82) is 0 Å². The quantitative estimate of drug-likeness (QED) is 0.161. The van der Waals surface area contributed by atoms with Crippen molar-refractivity contribution in [2.24, 2.45) is 5.10 Å². The van der Waals surface area contributed by atoms with Crippen LogP contribution in [0, 0.1) is 5.82 Å². The monoisotopic (exact) mass is 686 g/mol. The Balaban J connectivity index is 1.28. The van der Waals surface area contributed by atoms with Crippen molar-refractivity contribution >= 4 is 40.6 Å². The number of thiophene rings is 1. The smallest absolute Gasteiger partial charge is 0.253 e. The Hall–Kier alpha value is -5.21. The maximum atomic E-state index is 14.0. The number of methoxy groups -OCH3 is 3. The predicted octanol–water partition coefficient (Wildman–Crippen LogP) is 5.89. The molecule has 3 aromatic carbocycles. The van der Waals surface area contributed by atoms with Gasteiger partial charge >= 0.3 is 0 Å². The largest absolute Gasteiger partial charge is 0.495 e. The van der Waals surface area contributed by atoms with Crippen molar-refractivity contribution in [3.05, 3.63) is 112 Å². The molecule has 2 aromatic heterocycles. The summed E-state index contributed by atoms with van der Waals surface area (Å²) in [4.78, 5) is 27.8. The van der Waals surface area contributed by atoms with Crippen LogP contribution in [-0.2, 0) is 11.3 Å². The zero-order valence-corrected chi connectivity index (χ0v) is 27.9. The third-order valence-corrected chi connectivity index (χ3v) is 9.44. The molecular weight excluding hydrogens is 656 g/mol. The number of nitrogens with one attached hydrogen (secondary N) is 1. The molecule has 0 saturated carbocycles. The first-order chi connectivity index (χ1) is 23.4. The molecule has 1 atom stereocenters. The lowest BCUT2D eigenvalue weighted by molar-refractivity contribution is -0.130. The Kier molecular flexibility index (Phi) is 10.0. The Bertz CT molecular complexity index is 1970. The van der Waals surface area contributed by atoms with E-state index in [1.54, 1.807) is 43.3 Å². The lowest BCUT2D eigenvalue weighted by atomic mass is 9.99. The van der Waals surface area contributed by atoms with E-state index in [2.05, 4.69) is 15.5 Å².